The van der Waals surface area contributed by atoms with E-state index in [1.165, 1.54) is 0 Å². The van der Waals surface area contributed by atoms with Crippen molar-refractivity contribution in [2.24, 2.45) is 5.10 Å². The number of hydrogen-bond donors (Lipinski definition) is 1. The Labute approximate surface area is 134 Å². The number of amides is 1. The van der Waals surface area contributed by atoms with Gasteiger partial charge >= 0.3 is 0 Å². The van der Waals surface area contributed by atoms with Gasteiger partial charge in [0.15, 0.2) is 6.61 Å². The van der Waals surface area contributed by atoms with Crippen molar-refractivity contribution in [3.8, 4) is 5.75 Å². The van der Waals surface area contributed by atoms with Gasteiger partial charge in [0.25, 0.3) is 5.91 Å². The van der Waals surface area contributed by atoms with E-state index in [1.807, 2.05) is 19.1 Å². The Kier molecular flexibility index (Phi) is 5.49. The molecule has 0 atom stereocenters. The van der Waals surface area contributed by atoms with Crippen LogP contribution in [0, 0.1) is 6.92 Å². The number of pyridine rings is 1. The van der Waals surface area contributed by atoms with Crippen molar-refractivity contribution in [3.05, 3.63) is 58.9 Å². The van der Waals surface area contributed by atoms with Gasteiger partial charge in [0.2, 0.25) is 0 Å². The molecule has 0 aliphatic carbocycles. The van der Waals surface area contributed by atoms with Gasteiger partial charge in [-0.25, -0.2) is 5.43 Å². The first-order valence-corrected chi connectivity index (χ1v) is 7.06. The van der Waals surface area contributed by atoms with Crippen LogP contribution in [0.25, 0.3) is 0 Å². The van der Waals surface area contributed by atoms with E-state index >= 15 is 0 Å². The van der Waals surface area contributed by atoms with Crippen molar-refractivity contribution in [1.82, 2.24) is 10.4 Å². The molecule has 0 aliphatic rings. The fourth-order valence-corrected chi connectivity index (χ4v) is 1.79. The Morgan fingerprint density at radius 3 is 2.91 bits per heavy atom. The third-order valence-corrected chi connectivity index (χ3v) is 3.35. The summed E-state index contributed by atoms with van der Waals surface area (Å²) in [6.07, 6.45) is 3.36. The Morgan fingerprint density at radius 1 is 1.41 bits per heavy atom. The van der Waals surface area contributed by atoms with E-state index in [0.29, 0.717) is 16.5 Å². The Bertz CT molecular complexity index is 687. The fraction of sp³-hybridized carbons (Fsp3) is 0.188. The maximum atomic E-state index is 11.7. The lowest BCUT2D eigenvalue weighted by atomic mass is 10.2. The summed E-state index contributed by atoms with van der Waals surface area (Å²) in [5.74, 6) is 0.251. The summed E-state index contributed by atoms with van der Waals surface area (Å²) in [5, 5.41) is 4.67. The molecule has 0 saturated carbocycles. The monoisotopic (exact) mass is 317 g/mol. The third kappa shape index (κ3) is 4.56. The van der Waals surface area contributed by atoms with Gasteiger partial charge in [-0.3, -0.25) is 9.78 Å². The van der Waals surface area contributed by atoms with Gasteiger partial charge in [-0.2, -0.15) is 5.10 Å². The molecule has 114 valence electrons. The molecule has 1 N–H and O–H groups in total. The molecule has 0 aliphatic heterocycles. The average Bonchev–Trinajstić information content (AvgIpc) is 2.54. The Hall–Kier alpha value is -2.40. The zero-order chi connectivity index (χ0) is 15.9. The van der Waals surface area contributed by atoms with Gasteiger partial charge in [0.1, 0.15) is 5.75 Å². The number of carbonyl (C=O) groups excluding carboxylic acids is 1. The van der Waals surface area contributed by atoms with Crippen LogP contribution < -0.4 is 10.2 Å². The largest absolute Gasteiger partial charge is 0.484 e. The first-order chi connectivity index (χ1) is 10.6. The summed E-state index contributed by atoms with van der Waals surface area (Å²) in [7, 11) is 0. The average molecular weight is 318 g/mol. The van der Waals surface area contributed by atoms with Gasteiger partial charge in [0.05, 0.1) is 5.71 Å². The maximum Gasteiger partial charge on any atom is 0.277 e. The van der Waals surface area contributed by atoms with Crippen molar-refractivity contribution in [2.75, 3.05) is 6.61 Å². The summed E-state index contributed by atoms with van der Waals surface area (Å²) in [5.41, 5.74) is 4.86. The zero-order valence-electron chi connectivity index (χ0n) is 12.3. The number of aromatic nitrogens is 1. The fourth-order valence-electron chi connectivity index (χ4n) is 1.68. The summed E-state index contributed by atoms with van der Waals surface area (Å²) in [6.45, 7) is 3.54. The number of nitrogens with one attached hydrogen (secondary N) is 1. The molecule has 2 rings (SSSR count). The highest BCUT2D eigenvalue weighted by Gasteiger charge is 2.04. The quantitative estimate of drug-likeness (QED) is 0.681. The second-order valence-electron chi connectivity index (χ2n) is 4.67. The smallest absolute Gasteiger partial charge is 0.277 e. The topological polar surface area (TPSA) is 63.6 Å². The highest BCUT2D eigenvalue weighted by molar-refractivity contribution is 6.31. The number of benzene rings is 1. The van der Waals surface area contributed by atoms with Gasteiger partial charge in [-0.05, 0) is 43.7 Å². The molecule has 2 aromatic rings. The van der Waals surface area contributed by atoms with Gasteiger partial charge in [-0.15, -0.1) is 0 Å². The molecule has 5 nitrogen and oxygen atoms in total. The zero-order valence-corrected chi connectivity index (χ0v) is 13.1. The molecule has 0 fully saturated rings. The number of rotatable bonds is 5. The van der Waals surface area contributed by atoms with E-state index in [2.05, 4.69) is 15.5 Å². The van der Waals surface area contributed by atoms with E-state index in [1.54, 1.807) is 37.5 Å². The number of ether oxygens (including phenoxy) is 1. The van der Waals surface area contributed by atoms with E-state index < -0.39 is 0 Å². The predicted octanol–water partition coefficient (Wildman–Crippen LogP) is 2.96. The first kappa shape index (κ1) is 16.0. The molecular weight excluding hydrogens is 302 g/mol. The molecule has 22 heavy (non-hydrogen) atoms. The number of nitrogens with zero attached hydrogens (tertiary/aromatic N) is 2. The summed E-state index contributed by atoms with van der Waals surface area (Å²) >= 11 is 5.93. The number of hydrogen-bond acceptors (Lipinski definition) is 4. The first-order valence-electron chi connectivity index (χ1n) is 6.69. The van der Waals surface area contributed by atoms with Crippen LogP contribution in [0.3, 0.4) is 0 Å². The number of halogens is 1. The number of carbonyl (C=O) groups is 1. The van der Waals surface area contributed by atoms with Gasteiger partial charge in [-0.1, -0.05) is 17.7 Å². The summed E-state index contributed by atoms with van der Waals surface area (Å²) in [4.78, 5) is 15.7. The standard InChI is InChI=1S/C16H16ClN3O2/c1-11-8-14(5-6-15(11)17)22-10-16(21)20-19-12(2)13-4-3-7-18-9-13/h3-9H,10H2,1-2H3,(H,20,21)/b19-12-. The molecule has 1 aromatic carbocycles. The van der Waals surface area contributed by atoms with Crippen LogP contribution in [0.15, 0.2) is 47.8 Å². The van der Waals surface area contributed by atoms with Gasteiger partial charge in [0, 0.05) is 23.0 Å². The van der Waals surface area contributed by atoms with Crippen LogP contribution in [0.5, 0.6) is 5.75 Å². The molecule has 1 aromatic heterocycles. The SMILES string of the molecule is C/C(=N/NC(=O)COc1ccc(Cl)c(C)c1)c1cccnc1. The van der Waals surface area contributed by atoms with E-state index in [-0.39, 0.29) is 12.5 Å². The minimum atomic E-state index is -0.337. The van der Waals surface area contributed by atoms with Crippen molar-refractivity contribution < 1.29 is 9.53 Å². The highest BCUT2D eigenvalue weighted by Crippen LogP contribution is 2.20. The molecule has 1 heterocycles. The lowest BCUT2D eigenvalue weighted by molar-refractivity contribution is -0.123. The molecule has 0 bridgehead atoms. The number of hydrazone groups is 1. The lowest BCUT2D eigenvalue weighted by Crippen LogP contribution is -2.25. The van der Waals surface area contributed by atoms with Crippen LogP contribution in [0.2, 0.25) is 5.02 Å². The minimum Gasteiger partial charge on any atom is -0.484 e. The van der Waals surface area contributed by atoms with E-state index in [0.717, 1.165) is 11.1 Å². The van der Waals surface area contributed by atoms with Crippen LogP contribution in [0.4, 0.5) is 0 Å². The van der Waals surface area contributed by atoms with Crippen LogP contribution in [0.1, 0.15) is 18.1 Å². The minimum absolute atomic E-state index is 0.120. The van der Waals surface area contributed by atoms with Crippen molar-refractivity contribution in [3.63, 3.8) is 0 Å². The highest BCUT2D eigenvalue weighted by atomic mass is 35.5. The lowest BCUT2D eigenvalue weighted by Gasteiger charge is -2.07. The molecular formula is C16H16ClN3O2. The summed E-state index contributed by atoms with van der Waals surface area (Å²) in [6, 6.07) is 8.90. The van der Waals surface area contributed by atoms with E-state index in [9.17, 15) is 4.79 Å². The summed E-state index contributed by atoms with van der Waals surface area (Å²) < 4.78 is 5.39. The van der Waals surface area contributed by atoms with E-state index in [4.69, 9.17) is 16.3 Å². The molecule has 0 unspecified atom stereocenters. The molecule has 0 radical (unpaired) electrons. The Morgan fingerprint density at radius 2 is 2.23 bits per heavy atom. The van der Waals surface area contributed by atoms with Crippen LogP contribution in [-0.2, 0) is 4.79 Å². The number of aryl methyl sites for hydroxylation is 1. The van der Waals surface area contributed by atoms with Crippen LogP contribution in [-0.4, -0.2) is 23.2 Å². The van der Waals surface area contributed by atoms with Crippen molar-refractivity contribution >= 4 is 23.2 Å². The second kappa shape index (κ2) is 7.56. The third-order valence-electron chi connectivity index (χ3n) is 2.93. The molecule has 0 spiro atoms. The van der Waals surface area contributed by atoms with Crippen molar-refractivity contribution in [1.29, 1.82) is 0 Å². The van der Waals surface area contributed by atoms with Gasteiger partial charge < -0.3 is 4.74 Å². The normalized spacial score (nSPS) is 11.1. The predicted molar refractivity (Wildman–Crippen MR) is 86.3 cm³/mol. The Balaban J connectivity index is 1.86. The molecule has 6 heteroatoms. The maximum absolute atomic E-state index is 11.7. The second-order valence-corrected chi connectivity index (χ2v) is 5.08. The van der Waals surface area contributed by atoms with Crippen molar-refractivity contribution in [2.45, 2.75) is 13.8 Å². The molecule has 1 amide bonds. The molecule has 0 saturated heterocycles. The van der Waals surface area contributed by atoms with Crippen LogP contribution >= 0.6 is 11.6 Å².